The van der Waals surface area contributed by atoms with E-state index in [9.17, 15) is 18.0 Å². The molecular weight excluding hydrogens is 417 g/mol. The number of hydrogen-bond donors (Lipinski definition) is 2. The number of anilines is 1. The minimum Gasteiger partial charge on any atom is -0.449 e. The monoisotopic (exact) mass is 438 g/mol. The number of rotatable bonds is 5. The van der Waals surface area contributed by atoms with Crippen LogP contribution in [0.25, 0.3) is 17.2 Å². The van der Waals surface area contributed by atoms with E-state index < -0.39 is 17.8 Å². The van der Waals surface area contributed by atoms with Gasteiger partial charge in [-0.3, -0.25) is 0 Å². The molecule has 0 radical (unpaired) electrons. The molecule has 0 unspecified atom stereocenters. The number of nitrogen functional groups attached to an aromatic ring is 1. The molecule has 3 N–H and O–H groups in total. The molecule has 0 heterocycles. The lowest BCUT2D eigenvalue weighted by Crippen LogP contribution is -2.26. The molecule has 0 spiro atoms. The standard InChI is InChI=1S/C25H21F3N2O2/c26-25(27,28)22-12-5-13-23(29)20(22)11-6-14-30-24(31)32-15-21-18-9-3-1-7-16(18)17-8-2-4-10-19(17)21/h1-13,21H,14-15,29H2,(H,30,31). The molecule has 1 aliphatic carbocycles. The average Bonchev–Trinajstić information content (AvgIpc) is 3.09. The van der Waals surface area contributed by atoms with Gasteiger partial charge in [-0.1, -0.05) is 66.7 Å². The van der Waals surface area contributed by atoms with Crippen LogP contribution in [-0.4, -0.2) is 19.2 Å². The minimum atomic E-state index is -4.52. The number of carbonyl (C=O) groups excluding carboxylic acids is 1. The lowest BCUT2D eigenvalue weighted by atomic mass is 9.98. The Kier molecular flexibility index (Phi) is 5.90. The number of nitrogens with two attached hydrogens (primary N) is 1. The van der Waals surface area contributed by atoms with E-state index in [1.54, 1.807) is 0 Å². The van der Waals surface area contributed by atoms with Gasteiger partial charge in [-0.05, 0) is 34.4 Å². The number of fused-ring (bicyclic) bond motifs is 3. The molecule has 0 fully saturated rings. The van der Waals surface area contributed by atoms with Gasteiger partial charge >= 0.3 is 12.3 Å². The molecule has 0 aliphatic heterocycles. The summed E-state index contributed by atoms with van der Waals surface area (Å²) in [5.41, 5.74) is 9.20. The van der Waals surface area contributed by atoms with E-state index in [4.69, 9.17) is 10.5 Å². The number of amides is 1. The maximum atomic E-state index is 13.1. The molecule has 1 amide bonds. The molecule has 1 aliphatic rings. The predicted octanol–water partition coefficient (Wildman–Crippen LogP) is 5.84. The Hall–Kier alpha value is -3.74. The van der Waals surface area contributed by atoms with Crippen LogP contribution in [0.2, 0.25) is 0 Å². The zero-order valence-corrected chi connectivity index (χ0v) is 17.0. The van der Waals surface area contributed by atoms with Gasteiger partial charge in [-0.25, -0.2) is 4.79 Å². The Labute approximate surface area is 183 Å². The third-order valence-corrected chi connectivity index (χ3v) is 5.44. The molecule has 0 bridgehead atoms. The van der Waals surface area contributed by atoms with Gasteiger partial charge in [0.15, 0.2) is 0 Å². The summed E-state index contributed by atoms with van der Waals surface area (Å²) < 4.78 is 44.8. The van der Waals surface area contributed by atoms with E-state index in [0.29, 0.717) is 0 Å². The minimum absolute atomic E-state index is 0.00229. The molecule has 0 saturated heterocycles. The normalized spacial score (nSPS) is 13.1. The second-order valence-corrected chi connectivity index (χ2v) is 7.42. The quantitative estimate of drug-likeness (QED) is 0.492. The zero-order chi connectivity index (χ0) is 22.7. The third-order valence-electron chi connectivity index (χ3n) is 5.44. The van der Waals surface area contributed by atoms with Gasteiger partial charge in [0.25, 0.3) is 0 Å². The number of alkyl carbamates (subject to hydrolysis) is 1. The first-order valence-electron chi connectivity index (χ1n) is 10.1. The fraction of sp³-hybridized carbons (Fsp3) is 0.160. The fourth-order valence-corrected chi connectivity index (χ4v) is 3.98. The van der Waals surface area contributed by atoms with Crippen LogP contribution in [0.1, 0.15) is 28.2 Å². The molecule has 4 nitrogen and oxygen atoms in total. The van der Waals surface area contributed by atoms with E-state index in [1.165, 1.54) is 24.3 Å². The SMILES string of the molecule is Nc1cccc(C(F)(F)F)c1C=CCNC(=O)OCC1c2ccccc2-c2ccccc21. The lowest BCUT2D eigenvalue weighted by Gasteiger charge is -2.14. The van der Waals surface area contributed by atoms with E-state index >= 15 is 0 Å². The van der Waals surface area contributed by atoms with Gasteiger partial charge in [0.2, 0.25) is 0 Å². The lowest BCUT2D eigenvalue weighted by molar-refractivity contribution is -0.137. The maximum absolute atomic E-state index is 13.1. The maximum Gasteiger partial charge on any atom is 0.417 e. The topological polar surface area (TPSA) is 64.3 Å². The van der Waals surface area contributed by atoms with Crippen LogP contribution in [-0.2, 0) is 10.9 Å². The van der Waals surface area contributed by atoms with Gasteiger partial charge in [-0.2, -0.15) is 13.2 Å². The Balaban J connectivity index is 1.37. The largest absolute Gasteiger partial charge is 0.449 e. The molecule has 7 heteroatoms. The van der Waals surface area contributed by atoms with Crippen molar-refractivity contribution in [3.8, 4) is 11.1 Å². The Morgan fingerprint density at radius 2 is 1.59 bits per heavy atom. The van der Waals surface area contributed by atoms with E-state index in [0.717, 1.165) is 28.3 Å². The molecular formula is C25H21F3N2O2. The zero-order valence-electron chi connectivity index (χ0n) is 17.0. The average molecular weight is 438 g/mol. The summed E-state index contributed by atoms with van der Waals surface area (Å²) in [6, 6.07) is 19.6. The highest BCUT2D eigenvalue weighted by Gasteiger charge is 2.33. The van der Waals surface area contributed by atoms with Crippen molar-refractivity contribution in [2.75, 3.05) is 18.9 Å². The number of benzene rings is 3. The van der Waals surface area contributed by atoms with Crippen molar-refractivity contribution in [2.24, 2.45) is 0 Å². The van der Waals surface area contributed by atoms with Crippen molar-refractivity contribution in [3.05, 3.63) is 95.1 Å². The number of nitrogens with one attached hydrogen (secondary N) is 1. The first kappa shape index (κ1) is 21.5. The summed E-state index contributed by atoms with van der Waals surface area (Å²) in [6.45, 7) is 0.162. The van der Waals surface area contributed by atoms with E-state index in [-0.39, 0.29) is 30.3 Å². The molecule has 0 saturated carbocycles. The van der Waals surface area contributed by atoms with Crippen LogP contribution in [0.15, 0.2) is 72.8 Å². The highest BCUT2D eigenvalue weighted by atomic mass is 19.4. The first-order chi connectivity index (χ1) is 15.4. The molecule has 3 aromatic carbocycles. The number of carbonyl (C=O) groups is 1. The van der Waals surface area contributed by atoms with Crippen molar-refractivity contribution in [2.45, 2.75) is 12.1 Å². The van der Waals surface area contributed by atoms with Gasteiger partial charge in [0, 0.05) is 23.7 Å². The molecule has 164 valence electrons. The van der Waals surface area contributed by atoms with Crippen LogP contribution in [0.5, 0.6) is 0 Å². The van der Waals surface area contributed by atoms with Gasteiger partial charge in [0.1, 0.15) is 6.61 Å². The summed E-state index contributed by atoms with van der Waals surface area (Å²) in [7, 11) is 0. The second-order valence-electron chi connectivity index (χ2n) is 7.42. The fourth-order valence-electron chi connectivity index (χ4n) is 3.98. The highest BCUT2D eigenvalue weighted by Crippen LogP contribution is 2.44. The number of halogens is 3. The highest BCUT2D eigenvalue weighted by molar-refractivity contribution is 5.79. The van der Waals surface area contributed by atoms with Gasteiger partial charge in [0.05, 0.1) is 5.56 Å². The van der Waals surface area contributed by atoms with Crippen molar-refractivity contribution in [3.63, 3.8) is 0 Å². The summed E-state index contributed by atoms with van der Waals surface area (Å²) >= 11 is 0. The Bertz CT molecular complexity index is 1130. The number of hydrogen-bond acceptors (Lipinski definition) is 3. The summed E-state index contributed by atoms with van der Waals surface area (Å²) in [5.74, 6) is -0.0675. The molecule has 4 rings (SSSR count). The van der Waals surface area contributed by atoms with E-state index in [2.05, 4.69) is 5.32 Å². The molecule has 0 aromatic heterocycles. The second kappa shape index (κ2) is 8.78. The van der Waals surface area contributed by atoms with Crippen LogP contribution in [0.4, 0.5) is 23.7 Å². The number of ether oxygens (including phenoxy) is 1. The summed E-state index contributed by atoms with van der Waals surface area (Å²) in [6.07, 6.45) is -2.51. The smallest absolute Gasteiger partial charge is 0.417 e. The molecule has 32 heavy (non-hydrogen) atoms. The van der Waals surface area contributed by atoms with Gasteiger partial charge < -0.3 is 15.8 Å². The van der Waals surface area contributed by atoms with Crippen molar-refractivity contribution in [1.82, 2.24) is 5.32 Å². The third kappa shape index (κ3) is 4.32. The van der Waals surface area contributed by atoms with Crippen LogP contribution in [0, 0.1) is 0 Å². The predicted molar refractivity (Wildman–Crippen MR) is 118 cm³/mol. The van der Waals surface area contributed by atoms with Crippen LogP contribution >= 0.6 is 0 Å². The molecule has 3 aromatic rings. The van der Waals surface area contributed by atoms with Gasteiger partial charge in [-0.15, -0.1) is 0 Å². The number of alkyl halides is 3. The van der Waals surface area contributed by atoms with Crippen molar-refractivity contribution in [1.29, 1.82) is 0 Å². The first-order valence-corrected chi connectivity index (χ1v) is 10.1. The Morgan fingerprint density at radius 3 is 2.22 bits per heavy atom. The van der Waals surface area contributed by atoms with Crippen molar-refractivity contribution < 1.29 is 22.7 Å². The van der Waals surface area contributed by atoms with E-state index in [1.807, 2.05) is 48.5 Å². The van der Waals surface area contributed by atoms with Crippen LogP contribution in [0.3, 0.4) is 0 Å². The summed E-state index contributed by atoms with van der Waals surface area (Å²) in [4.78, 5) is 12.2. The summed E-state index contributed by atoms with van der Waals surface area (Å²) in [5, 5.41) is 2.53. The van der Waals surface area contributed by atoms with Crippen LogP contribution < -0.4 is 11.1 Å². The van der Waals surface area contributed by atoms with Crippen molar-refractivity contribution >= 4 is 17.9 Å². The molecule has 0 atom stereocenters. The Morgan fingerprint density at radius 1 is 0.969 bits per heavy atom.